The first kappa shape index (κ1) is 11.5. The van der Waals surface area contributed by atoms with E-state index in [9.17, 15) is 4.79 Å². The molecule has 0 atom stereocenters. The normalized spacial score (nSPS) is 19.4. The zero-order chi connectivity index (χ0) is 10.6. The van der Waals surface area contributed by atoms with Gasteiger partial charge in [0.15, 0.2) is 0 Å². The molecular formula is C11H21NO2. The summed E-state index contributed by atoms with van der Waals surface area (Å²) in [6.45, 7) is 5.58. The second kappa shape index (κ2) is 4.78. The predicted octanol–water partition coefficient (Wildman–Crippen LogP) is 2.41. The van der Waals surface area contributed by atoms with Gasteiger partial charge in [-0.3, -0.25) is 0 Å². The fourth-order valence-corrected chi connectivity index (χ4v) is 1.51. The molecule has 0 aromatic rings. The Morgan fingerprint density at radius 2 is 1.79 bits per heavy atom. The Bertz CT molecular complexity index is 190. The van der Waals surface area contributed by atoms with E-state index in [2.05, 4.69) is 5.48 Å². The first-order valence-corrected chi connectivity index (χ1v) is 5.47. The Kier molecular flexibility index (Phi) is 3.93. The lowest BCUT2D eigenvalue weighted by molar-refractivity contribution is -0.163. The van der Waals surface area contributed by atoms with E-state index in [1.165, 1.54) is 19.3 Å². The van der Waals surface area contributed by atoms with Crippen molar-refractivity contribution in [3.63, 3.8) is 0 Å². The van der Waals surface area contributed by atoms with Gasteiger partial charge in [0, 0.05) is 6.04 Å². The van der Waals surface area contributed by atoms with Gasteiger partial charge >= 0.3 is 5.97 Å². The van der Waals surface area contributed by atoms with Crippen molar-refractivity contribution in [2.75, 3.05) is 0 Å². The molecule has 3 nitrogen and oxygen atoms in total. The van der Waals surface area contributed by atoms with Gasteiger partial charge in [-0.1, -0.05) is 19.3 Å². The summed E-state index contributed by atoms with van der Waals surface area (Å²) in [5.74, 6) is -0.178. The lowest BCUT2D eigenvalue weighted by atomic mass is 9.96. The highest BCUT2D eigenvalue weighted by Crippen LogP contribution is 2.19. The molecule has 0 heterocycles. The van der Waals surface area contributed by atoms with E-state index >= 15 is 0 Å². The first-order valence-electron chi connectivity index (χ1n) is 5.47. The van der Waals surface area contributed by atoms with Gasteiger partial charge in [-0.25, -0.2) is 4.79 Å². The number of carbonyl (C=O) groups is 1. The van der Waals surface area contributed by atoms with E-state index in [0.29, 0.717) is 6.04 Å². The summed E-state index contributed by atoms with van der Waals surface area (Å²) < 4.78 is 0. The topological polar surface area (TPSA) is 38.3 Å². The Morgan fingerprint density at radius 3 is 2.29 bits per heavy atom. The molecule has 3 heteroatoms. The number of hydrogen-bond donors (Lipinski definition) is 1. The van der Waals surface area contributed by atoms with Crippen LogP contribution in [0, 0.1) is 5.41 Å². The summed E-state index contributed by atoms with van der Waals surface area (Å²) in [6.07, 6.45) is 6.04. The van der Waals surface area contributed by atoms with Gasteiger partial charge in [0.1, 0.15) is 0 Å². The van der Waals surface area contributed by atoms with Gasteiger partial charge < -0.3 is 4.84 Å². The highest BCUT2D eigenvalue weighted by molar-refractivity contribution is 5.75. The fourth-order valence-electron chi connectivity index (χ4n) is 1.51. The number of rotatable bonds is 2. The maximum Gasteiger partial charge on any atom is 0.329 e. The van der Waals surface area contributed by atoms with Gasteiger partial charge in [-0.05, 0) is 33.6 Å². The van der Waals surface area contributed by atoms with Crippen molar-refractivity contribution in [1.29, 1.82) is 0 Å². The van der Waals surface area contributed by atoms with Crippen LogP contribution in [0.25, 0.3) is 0 Å². The van der Waals surface area contributed by atoms with Crippen LogP contribution in [0.3, 0.4) is 0 Å². The Morgan fingerprint density at radius 1 is 1.21 bits per heavy atom. The van der Waals surface area contributed by atoms with Crippen molar-refractivity contribution in [3.8, 4) is 0 Å². The van der Waals surface area contributed by atoms with Crippen LogP contribution in [0.5, 0.6) is 0 Å². The molecule has 1 N–H and O–H groups in total. The van der Waals surface area contributed by atoms with Crippen molar-refractivity contribution < 1.29 is 9.63 Å². The summed E-state index contributed by atoms with van der Waals surface area (Å²) >= 11 is 0. The molecule has 0 saturated heterocycles. The molecule has 1 saturated carbocycles. The van der Waals surface area contributed by atoms with Crippen LogP contribution in [0.1, 0.15) is 52.9 Å². The molecule has 0 spiro atoms. The minimum absolute atomic E-state index is 0.178. The van der Waals surface area contributed by atoms with Crippen molar-refractivity contribution in [1.82, 2.24) is 5.48 Å². The van der Waals surface area contributed by atoms with Crippen molar-refractivity contribution >= 4 is 5.97 Å². The molecule has 0 unspecified atom stereocenters. The number of hydrogen-bond acceptors (Lipinski definition) is 3. The fraction of sp³-hybridized carbons (Fsp3) is 0.909. The zero-order valence-corrected chi connectivity index (χ0v) is 9.43. The average molecular weight is 199 g/mol. The quantitative estimate of drug-likeness (QED) is 0.694. The van der Waals surface area contributed by atoms with Gasteiger partial charge in [0.25, 0.3) is 0 Å². The SMILES string of the molecule is CC(C)(C)C(=O)ONC1CCCCC1. The summed E-state index contributed by atoms with van der Waals surface area (Å²) in [5.41, 5.74) is 2.46. The standard InChI is InChI=1S/C11H21NO2/c1-11(2,3)10(13)14-12-9-7-5-4-6-8-9/h9,12H,4-8H2,1-3H3. The van der Waals surface area contributed by atoms with Crippen molar-refractivity contribution in [3.05, 3.63) is 0 Å². The molecule has 14 heavy (non-hydrogen) atoms. The van der Waals surface area contributed by atoms with E-state index < -0.39 is 5.41 Å². The zero-order valence-electron chi connectivity index (χ0n) is 9.43. The smallest absolute Gasteiger partial charge is 0.329 e. The van der Waals surface area contributed by atoms with Gasteiger partial charge in [0.05, 0.1) is 5.41 Å². The second-order valence-corrected chi connectivity index (χ2v) is 5.09. The molecular weight excluding hydrogens is 178 g/mol. The Balaban J connectivity index is 2.22. The van der Waals surface area contributed by atoms with Crippen LogP contribution < -0.4 is 5.48 Å². The van der Waals surface area contributed by atoms with E-state index in [4.69, 9.17) is 4.84 Å². The molecule has 1 fully saturated rings. The van der Waals surface area contributed by atoms with Crippen LogP contribution in [0.2, 0.25) is 0 Å². The minimum atomic E-state index is -0.415. The molecule has 1 aliphatic rings. The molecule has 0 aromatic heterocycles. The Labute approximate surface area is 86.2 Å². The lowest BCUT2D eigenvalue weighted by Crippen LogP contribution is -2.36. The third-order valence-electron chi connectivity index (χ3n) is 2.54. The Hall–Kier alpha value is -0.570. The maximum atomic E-state index is 11.4. The van der Waals surface area contributed by atoms with E-state index in [1.54, 1.807) is 0 Å². The number of carbonyl (C=O) groups excluding carboxylic acids is 1. The van der Waals surface area contributed by atoms with Gasteiger partial charge in [-0.2, -0.15) is 5.48 Å². The molecule has 1 aliphatic carbocycles. The van der Waals surface area contributed by atoms with Crippen molar-refractivity contribution in [2.24, 2.45) is 5.41 Å². The van der Waals surface area contributed by atoms with E-state index in [-0.39, 0.29) is 5.97 Å². The summed E-state index contributed by atoms with van der Waals surface area (Å²) in [5, 5.41) is 0. The van der Waals surface area contributed by atoms with Crippen LogP contribution >= 0.6 is 0 Å². The second-order valence-electron chi connectivity index (χ2n) is 5.09. The minimum Gasteiger partial charge on any atom is -0.370 e. The monoisotopic (exact) mass is 199 g/mol. The molecule has 0 bridgehead atoms. The maximum absolute atomic E-state index is 11.4. The van der Waals surface area contributed by atoms with Gasteiger partial charge in [0.2, 0.25) is 0 Å². The van der Waals surface area contributed by atoms with Gasteiger partial charge in [-0.15, -0.1) is 0 Å². The first-order chi connectivity index (χ1) is 6.50. The number of hydroxylamine groups is 1. The van der Waals surface area contributed by atoms with E-state index in [0.717, 1.165) is 12.8 Å². The summed E-state index contributed by atoms with van der Waals surface area (Å²) in [4.78, 5) is 16.5. The summed E-state index contributed by atoms with van der Waals surface area (Å²) in [7, 11) is 0. The van der Waals surface area contributed by atoms with E-state index in [1.807, 2.05) is 20.8 Å². The highest BCUT2D eigenvalue weighted by Gasteiger charge is 2.24. The van der Waals surface area contributed by atoms with Crippen LogP contribution in [-0.4, -0.2) is 12.0 Å². The molecule has 0 radical (unpaired) electrons. The third kappa shape index (κ3) is 3.66. The number of nitrogens with one attached hydrogen (secondary N) is 1. The largest absolute Gasteiger partial charge is 0.370 e. The third-order valence-corrected chi connectivity index (χ3v) is 2.54. The molecule has 82 valence electrons. The molecule has 0 aromatic carbocycles. The molecule has 1 rings (SSSR count). The van der Waals surface area contributed by atoms with Crippen LogP contribution in [0.15, 0.2) is 0 Å². The highest BCUT2D eigenvalue weighted by atomic mass is 16.7. The average Bonchev–Trinajstić information content (AvgIpc) is 2.14. The van der Waals surface area contributed by atoms with Crippen LogP contribution in [-0.2, 0) is 9.63 Å². The molecule has 0 aliphatic heterocycles. The van der Waals surface area contributed by atoms with Crippen molar-refractivity contribution in [2.45, 2.75) is 58.9 Å². The lowest BCUT2D eigenvalue weighted by Gasteiger charge is -2.24. The van der Waals surface area contributed by atoms with Crippen LogP contribution in [0.4, 0.5) is 0 Å². The molecule has 0 amide bonds. The summed E-state index contributed by atoms with van der Waals surface area (Å²) in [6, 6.07) is 0.370. The predicted molar refractivity (Wildman–Crippen MR) is 55.6 cm³/mol.